The van der Waals surface area contributed by atoms with E-state index in [0.29, 0.717) is 13.2 Å². The zero-order chi connectivity index (χ0) is 18.6. The van der Waals surface area contributed by atoms with Crippen molar-refractivity contribution in [3.63, 3.8) is 0 Å². The molecule has 5 heteroatoms. The number of nitrogens with zero attached hydrogens (tertiary/aromatic N) is 2. The summed E-state index contributed by atoms with van der Waals surface area (Å²) in [4.78, 5) is 6.55. The largest absolute Gasteiger partial charge is 0.492 e. The molecule has 2 rings (SSSR count). The van der Waals surface area contributed by atoms with Crippen LogP contribution in [0.15, 0.2) is 59.6 Å². The number of guanidine groups is 1. The summed E-state index contributed by atoms with van der Waals surface area (Å²) in [6.07, 6.45) is 0. The molecule has 140 valence electrons. The van der Waals surface area contributed by atoms with E-state index in [0.717, 1.165) is 31.3 Å². The minimum absolute atomic E-state index is 0.587. The van der Waals surface area contributed by atoms with E-state index in [-0.39, 0.29) is 0 Å². The maximum atomic E-state index is 5.68. The molecule has 2 N–H and O–H groups in total. The first kappa shape index (κ1) is 19.8. The lowest BCUT2D eigenvalue weighted by atomic mass is 10.1. The summed E-state index contributed by atoms with van der Waals surface area (Å²) in [5.41, 5.74) is 2.57. The lowest BCUT2D eigenvalue weighted by Gasteiger charge is -2.15. The minimum Gasteiger partial charge on any atom is -0.492 e. The molecule has 0 saturated carbocycles. The van der Waals surface area contributed by atoms with E-state index in [1.54, 1.807) is 7.05 Å². The van der Waals surface area contributed by atoms with E-state index in [9.17, 15) is 0 Å². The monoisotopic (exact) mass is 354 g/mol. The fourth-order valence-electron chi connectivity index (χ4n) is 2.52. The average molecular weight is 354 g/mol. The average Bonchev–Trinajstić information content (AvgIpc) is 2.68. The minimum atomic E-state index is 0.587. The van der Waals surface area contributed by atoms with E-state index in [1.165, 1.54) is 11.1 Å². The zero-order valence-corrected chi connectivity index (χ0v) is 16.0. The highest BCUT2D eigenvalue weighted by Gasteiger charge is 2.02. The molecule has 2 aromatic rings. The van der Waals surface area contributed by atoms with Gasteiger partial charge in [-0.25, -0.2) is 0 Å². The molecule has 2 aromatic carbocycles. The van der Waals surface area contributed by atoms with Crippen molar-refractivity contribution in [2.75, 3.05) is 33.8 Å². The van der Waals surface area contributed by atoms with Gasteiger partial charge in [-0.2, -0.15) is 0 Å². The van der Waals surface area contributed by atoms with Gasteiger partial charge in [-0.1, -0.05) is 49.4 Å². The Kier molecular flexibility index (Phi) is 8.49. The Morgan fingerprint density at radius 2 is 1.81 bits per heavy atom. The van der Waals surface area contributed by atoms with Gasteiger partial charge in [-0.3, -0.25) is 4.99 Å². The topological polar surface area (TPSA) is 48.9 Å². The van der Waals surface area contributed by atoms with Crippen LogP contribution in [0.2, 0.25) is 0 Å². The number of benzene rings is 2. The van der Waals surface area contributed by atoms with Gasteiger partial charge < -0.3 is 20.3 Å². The smallest absolute Gasteiger partial charge is 0.191 e. The number of hydrogen-bond acceptors (Lipinski definition) is 3. The fraction of sp³-hybridized carbons (Fsp3) is 0.381. The van der Waals surface area contributed by atoms with Crippen molar-refractivity contribution in [3.05, 3.63) is 65.7 Å². The molecule has 0 aliphatic rings. The fourth-order valence-corrected chi connectivity index (χ4v) is 2.52. The summed E-state index contributed by atoms with van der Waals surface area (Å²) in [7, 11) is 3.91. The van der Waals surface area contributed by atoms with Gasteiger partial charge in [0, 0.05) is 20.1 Å². The van der Waals surface area contributed by atoms with E-state index < -0.39 is 0 Å². The van der Waals surface area contributed by atoms with Gasteiger partial charge in [-0.05, 0) is 36.9 Å². The molecule has 0 aliphatic carbocycles. The predicted octanol–water partition coefficient (Wildman–Crippen LogP) is 2.88. The molecule has 26 heavy (non-hydrogen) atoms. The molecule has 0 amide bonds. The summed E-state index contributed by atoms with van der Waals surface area (Å²) in [6, 6.07) is 18.5. The van der Waals surface area contributed by atoms with Crippen LogP contribution in [0.4, 0.5) is 0 Å². The van der Waals surface area contributed by atoms with Crippen molar-refractivity contribution < 1.29 is 4.74 Å². The number of rotatable bonds is 9. The van der Waals surface area contributed by atoms with Gasteiger partial charge in [0.25, 0.3) is 0 Å². The molecular formula is C21H30N4O. The number of aliphatic imine (C=N–C) groups is 1. The first-order chi connectivity index (χ1) is 12.7. The normalized spacial score (nSPS) is 11.5. The Labute approximate surface area is 157 Å². The van der Waals surface area contributed by atoms with Crippen molar-refractivity contribution in [3.8, 4) is 5.75 Å². The van der Waals surface area contributed by atoms with E-state index in [4.69, 9.17) is 4.74 Å². The van der Waals surface area contributed by atoms with Crippen molar-refractivity contribution in [2.45, 2.75) is 20.0 Å². The van der Waals surface area contributed by atoms with Crippen LogP contribution in [0.3, 0.4) is 0 Å². The lowest BCUT2D eigenvalue weighted by Crippen LogP contribution is -2.38. The predicted molar refractivity (Wildman–Crippen MR) is 109 cm³/mol. The van der Waals surface area contributed by atoms with Crippen LogP contribution in [-0.2, 0) is 13.1 Å². The number of nitrogens with one attached hydrogen (secondary N) is 2. The molecule has 0 saturated heterocycles. The molecular weight excluding hydrogens is 324 g/mol. The molecule has 0 radical (unpaired) electrons. The van der Waals surface area contributed by atoms with E-state index in [2.05, 4.69) is 58.8 Å². The van der Waals surface area contributed by atoms with Gasteiger partial charge in [0.15, 0.2) is 5.96 Å². The van der Waals surface area contributed by atoms with Crippen LogP contribution in [0.25, 0.3) is 0 Å². The Morgan fingerprint density at radius 3 is 2.54 bits per heavy atom. The maximum absolute atomic E-state index is 5.68. The quantitative estimate of drug-likeness (QED) is 0.413. The van der Waals surface area contributed by atoms with Crippen LogP contribution in [0.5, 0.6) is 5.75 Å². The Morgan fingerprint density at radius 1 is 1.04 bits per heavy atom. The molecule has 0 fully saturated rings. The van der Waals surface area contributed by atoms with Gasteiger partial charge in [0.05, 0.1) is 6.54 Å². The number of hydrogen-bond donors (Lipinski definition) is 2. The third kappa shape index (κ3) is 7.15. The molecule has 0 aromatic heterocycles. The van der Waals surface area contributed by atoms with Crippen LogP contribution >= 0.6 is 0 Å². The first-order valence-corrected chi connectivity index (χ1v) is 9.10. The molecule has 5 nitrogen and oxygen atoms in total. The second-order valence-electron chi connectivity index (χ2n) is 6.16. The number of ether oxygens (including phenoxy) is 1. The van der Waals surface area contributed by atoms with E-state index >= 15 is 0 Å². The van der Waals surface area contributed by atoms with Gasteiger partial charge in [0.2, 0.25) is 0 Å². The lowest BCUT2D eigenvalue weighted by molar-refractivity contribution is 0.322. The first-order valence-electron chi connectivity index (χ1n) is 9.10. The standard InChI is InChI=1S/C21H30N4O/c1-4-25(3)17-19-10-8-9-18(15-19)16-24-21(22-2)23-13-14-26-20-11-6-5-7-12-20/h5-12,15H,4,13-14,16-17H2,1-3H3,(H2,22,23,24). The highest BCUT2D eigenvalue weighted by Crippen LogP contribution is 2.08. The van der Waals surface area contributed by atoms with E-state index in [1.807, 2.05) is 30.3 Å². The Hall–Kier alpha value is -2.53. The van der Waals surface area contributed by atoms with Crippen molar-refractivity contribution in [2.24, 2.45) is 4.99 Å². The molecule has 0 heterocycles. The molecule has 0 unspecified atom stereocenters. The van der Waals surface area contributed by atoms with Crippen LogP contribution in [0.1, 0.15) is 18.1 Å². The highest BCUT2D eigenvalue weighted by molar-refractivity contribution is 5.79. The summed E-state index contributed by atoms with van der Waals surface area (Å²) >= 11 is 0. The maximum Gasteiger partial charge on any atom is 0.191 e. The summed E-state index contributed by atoms with van der Waals surface area (Å²) in [6.45, 7) is 6.20. The molecule has 0 atom stereocenters. The molecule has 0 bridgehead atoms. The second-order valence-corrected chi connectivity index (χ2v) is 6.16. The van der Waals surface area contributed by atoms with Crippen molar-refractivity contribution >= 4 is 5.96 Å². The molecule has 0 spiro atoms. The van der Waals surface area contributed by atoms with Gasteiger partial charge in [-0.15, -0.1) is 0 Å². The van der Waals surface area contributed by atoms with Crippen LogP contribution < -0.4 is 15.4 Å². The summed E-state index contributed by atoms with van der Waals surface area (Å²) in [5.74, 6) is 1.66. The third-order valence-corrected chi connectivity index (χ3v) is 4.07. The second kappa shape index (κ2) is 11.2. The Balaban J connectivity index is 1.73. The highest BCUT2D eigenvalue weighted by atomic mass is 16.5. The van der Waals surface area contributed by atoms with Crippen LogP contribution in [-0.4, -0.2) is 44.7 Å². The molecule has 0 aliphatic heterocycles. The van der Waals surface area contributed by atoms with Crippen molar-refractivity contribution in [1.82, 2.24) is 15.5 Å². The Bertz CT molecular complexity index is 673. The van der Waals surface area contributed by atoms with Crippen molar-refractivity contribution in [1.29, 1.82) is 0 Å². The van der Waals surface area contributed by atoms with Gasteiger partial charge in [0.1, 0.15) is 12.4 Å². The van der Waals surface area contributed by atoms with Gasteiger partial charge >= 0.3 is 0 Å². The summed E-state index contributed by atoms with van der Waals surface area (Å²) in [5, 5.41) is 6.62. The zero-order valence-electron chi connectivity index (χ0n) is 16.0. The summed E-state index contributed by atoms with van der Waals surface area (Å²) < 4.78 is 5.68. The third-order valence-electron chi connectivity index (χ3n) is 4.07. The SMILES string of the molecule is CCN(C)Cc1cccc(CNC(=NC)NCCOc2ccccc2)c1. The number of para-hydroxylation sites is 1. The van der Waals surface area contributed by atoms with Crippen LogP contribution in [0, 0.1) is 0 Å².